The van der Waals surface area contributed by atoms with Crippen LogP contribution < -0.4 is 15.4 Å². The predicted molar refractivity (Wildman–Crippen MR) is 122 cm³/mol. The number of aryl methyl sites for hydroxylation is 1. The first kappa shape index (κ1) is 20.7. The van der Waals surface area contributed by atoms with Crippen LogP contribution in [0.2, 0.25) is 5.02 Å². The molecule has 1 amide bonds. The number of fused-ring (bicyclic) bond motifs is 1. The smallest absolute Gasteiger partial charge is 0.269 e. The standard InChI is InChI=1S/C23H22ClN5O2/c1-25-22(30)19-11-14(8-9-26-19)10-15-12-18-20(13-21(15)31-3)29(2)23(28-18)27-17-6-4-16(24)5-7-17/h4-9,11-13H,10H2,1-3H3,(H,25,30)(H,27,28). The summed E-state index contributed by atoms with van der Waals surface area (Å²) in [7, 11) is 5.19. The third-order valence-corrected chi connectivity index (χ3v) is 5.31. The molecule has 31 heavy (non-hydrogen) atoms. The molecule has 2 heterocycles. The van der Waals surface area contributed by atoms with E-state index in [1.54, 1.807) is 26.4 Å². The van der Waals surface area contributed by atoms with Crippen LogP contribution in [0.3, 0.4) is 0 Å². The molecule has 4 rings (SSSR count). The zero-order valence-corrected chi connectivity index (χ0v) is 18.2. The third-order valence-electron chi connectivity index (χ3n) is 5.06. The molecule has 0 fully saturated rings. The summed E-state index contributed by atoms with van der Waals surface area (Å²) < 4.78 is 7.63. The van der Waals surface area contributed by atoms with E-state index in [1.165, 1.54) is 0 Å². The maximum absolute atomic E-state index is 11.9. The minimum atomic E-state index is -0.216. The van der Waals surface area contributed by atoms with Crippen LogP contribution in [-0.4, -0.2) is 34.6 Å². The number of carbonyl (C=O) groups excluding carboxylic acids is 1. The Morgan fingerprint density at radius 3 is 2.65 bits per heavy atom. The second-order valence-electron chi connectivity index (χ2n) is 7.08. The topological polar surface area (TPSA) is 81.1 Å². The molecule has 7 nitrogen and oxygen atoms in total. The number of rotatable bonds is 6. The van der Waals surface area contributed by atoms with E-state index in [1.807, 2.05) is 54.1 Å². The molecule has 0 saturated carbocycles. The van der Waals surface area contributed by atoms with Crippen molar-refractivity contribution in [3.63, 3.8) is 0 Å². The van der Waals surface area contributed by atoms with Crippen LogP contribution in [0.5, 0.6) is 5.75 Å². The zero-order chi connectivity index (χ0) is 22.0. The molecule has 0 unspecified atom stereocenters. The van der Waals surface area contributed by atoms with Crippen LogP contribution in [0.1, 0.15) is 21.6 Å². The van der Waals surface area contributed by atoms with Gasteiger partial charge in [0.15, 0.2) is 0 Å². The van der Waals surface area contributed by atoms with E-state index < -0.39 is 0 Å². The lowest BCUT2D eigenvalue weighted by Gasteiger charge is -2.10. The van der Waals surface area contributed by atoms with Crippen LogP contribution in [0.15, 0.2) is 54.7 Å². The van der Waals surface area contributed by atoms with E-state index in [9.17, 15) is 4.79 Å². The lowest BCUT2D eigenvalue weighted by Crippen LogP contribution is -2.19. The van der Waals surface area contributed by atoms with Gasteiger partial charge in [-0.05, 0) is 48.0 Å². The summed E-state index contributed by atoms with van der Waals surface area (Å²) in [5, 5.41) is 6.60. The SMILES string of the molecule is CNC(=O)c1cc(Cc2cc3nc(Nc4ccc(Cl)cc4)n(C)c3cc2OC)ccn1. The molecular formula is C23H22ClN5O2. The van der Waals surface area contributed by atoms with E-state index in [4.69, 9.17) is 21.3 Å². The number of carbonyl (C=O) groups is 1. The maximum Gasteiger partial charge on any atom is 0.269 e. The highest BCUT2D eigenvalue weighted by Crippen LogP contribution is 2.30. The first-order chi connectivity index (χ1) is 15.0. The quantitative estimate of drug-likeness (QED) is 0.471. The number of hydrogen-bond donors (Lipinski definition) is 2. The average Bonchev–Trinajstić information content (AvgIpc) is 3.08. The van der Waals surface area contributed by atoms with Crippen molar-refractivity contribution in [2.24, 2.45) is 7.05 Å². The summed E-state index contributed by atoms with van der Waals surface area (Å²) in [6.07, 6.45) is 2.22. The van der Waals surface area contributed by atoms with Gasteiger partial charge in [0.25, 0.3) is 5.91 Å². The highest BCUT2D eigenvalue weighted by molar-refractivity contribution is 6.30. The molecule has 2 N–H and O–H groups in total. The van der Waals surface area contributed by atoms with Gasteiger partial charge < -0.3 is 19.9 Å². The van der Waals surface area contributed by atoms with Gasteiger partial charge in [0, 0.05) is 49.1 Å². The van der Waals surface area contributed by atoms with E-state index >= 15 is 0 Å². The van der Waals surface area contributed by atoms with Crippen molar-refractivity contribution in [3.05, 3.63) is 76.6 Å². The number of aromatic nitrogens is 3. The van der Waals surface area contributed by atoms with Gasteiger partial charge in [-0.25, -0.2) is 4.98 Å². The normalized spacial score (nSPS) is 10.8. The molecule has 2 aromatic carbocycles. The Morgan fingerprint density at radius 2 is 1.94 bits per heavy atom. The van der Waals surface area contributed by atoms with Gasteiger partial charge in [-0.1, -0.05) is 11.6 Å². The Hall–Kier alpha value is -3.58. The molecule has 0 aliphatic rings. The number of hydrogen-bond acceptors (Lipinski definition) is 5. The van der Waals surface area contributed by atoms with Crippen molar-refractivity contribution in [2.45, 2.75) is 6.42 Å². The summed E-state index contributed by atoms with van der Waals surface area (Å²) in [5.74, 6) is 1.25. The number of methoxy groups -OCH3 is 1. The number of pyridine rings is 1. The van der Waals surface area contributed by atoms with Crippen LogP contribution in [-0.2, 0) is 13.5 Å². The van der Waals surface area contributed by atoms with Crippen molar-refractivity contribution in [3.8, 4) is 5.75 Å². The van der Waals surface area contributed by atoms with Gasteiger partial charge in [0.1, 0.15) is 11.4 Å². The molecule has 0 aliphatic carbocycles. The Kier molecular flexibility index (Phi) is 5.77. The second kappa shape index (κ2) is 8.65. The average molecular weight is 436 g/mol. The number of ether oxygens (including phenoxy) is 1. The van der Waals surface area contributed by atoms with Crippen molar-refractivity contribution >= 4 is 40.2 Å². The van der Waals surface area contributed by atoms with Crippen LogP contribution >= 0.6 is 11.6 Å². The fourth-order valence-corrected chi connectivity index (χ4v) is 3.55. The second-order valence-corrected chi connectivity index (χ2v) is 7.52. The molecule has 0 aliphatic heterocycles. The van der Waals surface area contributed by atoms with E-state index in [2.05, 4.69) is 15.6 Å². The molecular weight excluding hydrogens is 414 g/mol. The van der Waals surface area contributed by atoms with Crippen molar-refractivity contribution < 1.29 is 9.53 Å². The van der Waals surface area contributed by atoms with Gasteiger partial charge in [0.05, 0.1) is 18.1 Å². The zero-order valence-electron chi connectivity index (χ0n) is 17.4. The van der Waals surface area contributed by atoms with Crippen LogP contribution in [0.4, 0.5) is 11.6 Å². The molecule has 0 radical (unpaired) electrons. The number of imidazole rings is 1. The third kappa shape index (κ3) is 4.32. The van der Waals surface area contributed by atoms with E-state index in [-0.39, 0.29) is 5.91 Å². The number of nitrogens with one attached hydrogen (secondary N) is 2. The van der Waals surface area contributed by atoms with Crippen molar-refractivity contribution in [1.82, 2.24) is 19.9 Å². The monoisotopic (exact) mass is 435 g/mol. The van der Waals surface area contributed by atoms with Gasteiger partial charge >= 0.3 is 0 Å². The molecule has 4 aromatic rings. The van der Waals surface area contributed by atoms with Gasteiger partial charge in [0.2, 0.25) is 5.95 Å². The Balaban J connectivity index is 1.68. The minimum absolute atomic E-state index is 0.216. The molecule has 2 aromatic heterocycles. The highest BCUT2D eigenvalue weighted by Gasteiger charge is 2.14. The Labute approximate surface area is 185 Å². The van der Waals surface area contributed by atoms with Gasteiger partial charge in [-0.2, -0.15) is 0 Å². The summed E-state index contributed by atoms with van der Waals surface area (Å²) in [4.78, 5) is 20.8. The number of anilines is 2. The lowest BCUT2D eigenvalue weighted by molar-refractivity contribution is 0.0958. The van der Waals surface area contributed by atoms with Crippen molar-refractivity contribution in [1.29, 1.82) is 0 Å². The molecule has 0 atom stereocenters. The van der Waals surface area contributed by atoms with Crippen molar-refractivity contribution in [2.75, 3.05) is 19.5 Å². The predicted octanol–water partition coefficient (Wildman–Crippen LogP) is 4.32. The molecule has 158 valence electrons. The molecule has 0 saturated heterocycles. The van der Waals surface area contributed by atoms with Crippen LogP contribution in [0, 0.1) is 0 Å². The number of nitrogens with zero attached hydrogens (tertiary/aromatic N) is 3. The fraction of sp³-hybridized carbons (Fsp3) is 0.174. The fourth-order valence-electron chi connectivity index (χ4n) is 3.42. The molecule has 0 bridgehead atoms. The summed E-state index contributed by atoms with van der Waals surface area (Å²) in [5.41, 5.74) is 5.00. The lowest BCUT2D eigenvalue weighted by atomic mass is 10.0. The van der Waals surface area contributed by atoms with Gasteiger partial charge in [-0.3, -0.25) is 9.78 Å². The molecule has 0 spiro atoms. The van der Waals surface area contributed by atoms with Gasteiger partial charge in [-0.15, -0.1) is 0 Å². The van der Waals surface area contributed by atoms with Crippen LogP contribution in [0.25, 0.3) is 11.0 Å². The largest absolute Gasteiger partial charge is 0.496 e. The maximum atomic E-state index is 11.9. The number of amides is 1. The first-order valence-corrected chi connectivity index (χ1v) is 10.1. The minimum Gasteiger partial charge on any atom is -0.496 e. The number of halogens is 1. The molecule has 8 heteroatoms. The Morgan fingerprint density at radius 1 is 1.16 bits per heavy atom. The van der Waals surface area contributed by atoms with E-state index in [0.717, 1.165) is 33.6 Å². The van der Waals surface area contributed by atoms with E-state index in [0.29, 0.717) is 23.1 Å². The summed E-state index contributed by atoms with van der Waals surface area (Å²) in [6.45, 7) is 0. The summed E-state index contributed by atoms with van der Waals surface area (Å²) >= 11 is 5.97. The summed E-state index contributed by atoms with van der Waals surface area (Å²) in [6, 6.07) is 15.1. The first-order valence-electron chi connectivity index (χ1n) is 9.71. The Bertz CT molecular complexity index is 1250. The highest BCUT2D eigenvalue weighted by atomic mass is 35.5. The number of benzene rings is 2.